The maximum atomic E-state index is 12.6. The minimum Gasteiger partial charge on any atom is -0.490 e. The van der Waals surface area contributed by atoms with Crippen molar-refractivity contribution in [3.05, 3.63) is 23.3 Å². The Balaban J connectivity index is 1.72. The Morgan fingerprint density at radius 3 is 3.04 bits per heavy atom. The van der Waals surface area contributed by atoms with E-state index in [-0.39, 0.29) is 11.8 Å². The standard InChI is InChI=1S/C17H24N2O4/c1-11-7-13(16-15(8-11)22-5-2-6-23-16)17(21)19-9-12-3-4-18-10-14(12)20/h7-8,12,14,18,20H,2-6,9-10H2,1H3,(H,19,21)/t12-,14+/m1/s1. The molecular weight excluding hydrogens is 296 g/mol. The van der Waals surface area contributed by atoms with Crippen molar-refractivity contribution in [2.45, 2.75) is 25.9 Å². The molecule has 0 radical (unpaired) electrons. The largest absolute Gasteiger partial charge is 0.490 e. The number of aryl methyl sites for hydroxylation is 1. The van der Waals surface area contributed by atoms with Gasteiger partial charge in [0.2, 0.25) is 0 Å². The third-order valence-electron chi connectivity index (χ3n) is 4.35. The number of β-amino-alcohol motifs (C(OH)–C–C–N with tert-alkyl or cyclic N) is 1. The molecule has 1 aromatic carbocycles. The summed E-state index contributed by atoms with van der Waals surface area (Å²) < 4.78 is 11.4. The second kappa shape index (κ2) is 7.19. The fourth-order valence-electron chi connectivity index (χ4n) is 3.03. The third kappa shape index (κ3) is 3.76. The summed E-state index contributed by atoms with van der Waals surface area (Å²) in [5, 5.41) is 16.0. The van der Waals surface area contributed by atoms with Crippen LogP contribution in [0.2, 0.25) is 0 Å². The number of carbonyl (C=O) groups excluding carboxylic acids is 1. The average molecular weight is 320 g/mol. The lowest BCUT2D eigenvalue weighted by Gasteiger charge is -2.28. The summed E-state index contributed by atoms with van der Waals surface area (Å²) in [7, 11) is 0. The van der Waals surface area contributed by atoms with Crippen molar-refractivity contribution < 1.29 is 19.4 Å². The number of carbonyl (C=O) groups is 1. The van der Waals surface area contributed by atoms with Crippen LogP contribution < -0.4 is 20.1 Å². The molecule has 2 heterocycles. The van der Waals surface area contributed by atoms with Gasteiger partial charge in [-0.15, -0.1) is 0 Å². The SMILES string of the molecule is Cc1cc2c(c(C(=O)NC[C@H]3CCNC[C@@H]3O)c1)OCCCO2. The van der Waals surface area contributed by atoms with Crippen LogP contribution in [0.1, 0.15) is 28.8 Å². The van der Waals surface area contributed by atoms with Crippen molar-refractivity contribution in [1.82, 2.24) is 10.6 Å². The lowest BCUT2D eigenvalue weighted by molar-refractivity contribution is 0.0752. The van der Waals surface area contributed by atoms with E-state index < -0.39 is 6.10 Å². The van der Waals surface area contributed by atoms with Crippen LogP contribution in [0.3, 0.4) is 0 Å². The van der Waals surface area contributed by atoms with Gasteiger partial charge in [-0.3, -0.25) is 4.79 Å². The zero-order chi connectivity index (χ0) is 16.2. The van der Waals surface area contributed by atoms with E-state index in [0.29, 0.717) is 43.4 Å². The van der Waals surface area contributed by atoms with Crippen LogP contribution in [0, 0.1) is 12.8 Å². The Labute approximate surface area is 136 Å². The van der Waals surface area contributed by atoms with Crippen molar-refractivity contribution >= 4 is 5.91 Å². The molecule has 2 aliphatic heterocycles. The number of aliphatic hydroxyl groups excluding tert-OH is 1. The van der Waals surface area contributed by atoms with Gasteiger partial charge in [0.05, 0.1) is 24.9 Å². The average Bonchev–Trinajstić information content (AvgIpc) is 2.78. The summed E-state index contributed by atoms with van der Waals surface area (Å²) in [5.74, 6) is 1.06. The molecule has 0 spiro atoms. The Morgan fingerprint density at radius 2 is 2.22 bits per heavy atom. The molecule has 1 fully saturated rings. The second-order valence-corrected chi connectivity index (χ2v) is 6.22. The molecule has 6 nitrogen and oxygen atoms in total. The smallest absolute Gasteiger partial charge is 0.255 e. The third-order valence-corrected chi connectivity index (χ3v) is 4.35. The zero-order valence-electron chi connectivity index (χ0n) is 13.4. The molecule has 6 heteroatoms. The molecule has 0 unspecified atom stereocenters. The van der Waals surface area contributed by atoms with Gasteiger partial charge in [0.1, 0.15) is 0 Å². The van der Waals surface area contributed by atoms with Crippen LogP contribution in [0.4, 0.5) is 0 Å². The molecule has 0 aromatic heterocycles. The van der Waals surface area contributed by atoms with Crippen LogP contribution in [0.15, 0.2) is 12.1 Å². The predicted octanol–water partition coefficient (Wildman–Crippen LogP) is 0.857. The lowest BCUT2D eigenvalue weighted by atomic mass is 9.95. The van der Waals surface area contributed by atoms with Crippen LogP contribution in [-0.4, -0.2) is 50.0 Å². The number of ether oxygens (including phenoxy) is 2. The summed E-state index contributed by atoms with van der Waals surface area (Å²) in [5.41, 5.74) is 1.46. The van der Waals surface area contributed by atoms with E-state index in [0.717, 1.165) is 24.9 Å². The van der Waals surface area contributed by atoms with Gasteiger partial charge in [-0.25, -0.2) is 0 Å². The molecular formula is C17H24N2O4. The highest BCUT2D eigenvalue weighted by Gasteiger charge is 2.25. The Hall–Kier alpha value is -1.79. The number of nitrogens with one attached hydrogen (secondary N) is 2. The number of fused-ring (bicyclic) bond motifs is 1. The van der Waals surface area contributed by atoms with Crippen LogP contribution in [0.5, 0.6) is 11.5 Å². The van der Waals surface area contributed by atoms with Crippen molar-refractivity contribution in [1.29, 1.82) is 0 Å². The molecule has 3 rings (SSSR count). The zero-order valence-corrected chi connectivity index (χ0v) is 13.4. The van der Waals surface area contributed by atoms with Gasteiger partial charge in [0, 0.05) is 25.4 Å². The first-order valence-electron chi connectivity index (χ1n) is 8.22. The van der Waals surface area contributed by atoms with Crippen molar-refractivity contribution in [3.8, 4) is 11.5 Å². The first kappa shape index (κ1) is 16.1. The molecule has 3 N–H and O–H groups in total. The summed E-state index contributed by atoms with van der Waals surface area (Å²) in [4.78, 5) is 12.6. The van der Waals surface area contributed by atoms with Gasteiger partial charge >= 0.3 is 0 Å². The molecule has 23 heavy (non-hydrogen) atoms. The quantitative estimate of drug-likeness (QED) is 0.770. The van der Waals surface area contributed by atoms with Gasteiger partial charge < -0.3 is 25.2 Å². The Morgan fingerprint density at radius 1 is 1.39 bits per heavy atom. The number of piperidine rings is 1. The van der Waals surface area contributed by atoms with E-state index in [4.69, 9.17) is 9.47 Å². The van der Waals surface area contributed by atoms with Crippen molar-refractivity contribution in [2.24, 2.45) is 5.92 Å². The molecule has 126 valence electrons. The Kier molecular flexibility index (Phi) is 5.03. The van der Waals surface area contributed by atoms with Gasteiger partial charge in [-0.05, 0) is 37.6 Å². The molecule has 0 bridgehead atoms. The van der Waals surface area contributed by atoms with E-state index in [1.807, 2.05) is 19.1 Å². The molecule has 0 saturated carbocycles. The van der Waals surface area contributed by atoms with Gasteiger partial charge in [0.15, 0.2) is 11.5 Å². The molecule has 2 aliphatic rings. The number of amides is 1. The highest BCUT2D eigenvalue weighted by Crippen LogP contribution is 2.34. The number of rotatable bonds is 3. The summed E-state index contributed by atoms with van der Waals surface area (Å²) in [6.07, 6.45) is 1.24. The molecule has 2 atom stereocenters. The summed E-state index contributed by atoms with van der Waals surface area (Å²) in [6, 6.07) is 3.72. The first-order chi connectivity index (χ1) is 11.1. The highest BCUT2D eigenvalue weighted by molar-refractivity contribution is 5.98. The minimum absolute atomic E-state index is 0.0841. The summed E-state index contributed by atoms with van der Waals surface area (Å²) in [6.45, 7) is 4.99. The Bertz CT molecular complexity index is 576. The number of benzene rings is 1. The number of aliphatic hydroxyl groups is 1. The first-order valence-corrected chi connectivity index (χ1v) is 8.22. The fraction of sp³-hybridized carbons (Fsp3) is 0.588. The van der Waals surface area contributed by atoms with Crippen molar-refractivity contribution in [3.63, 3.8) is 0 Å². The molecule has 0 aliphatic carbocycles. The van der Waals surface area contributed by atoms with Gasteiger partial charge in [-0.2, -0.15) is 0 Å². The van der Waals surface area contributed by atoms with E-state index in [1.165, 1.54) is 0 Å². The summed E-state index contributed by atoms with van der Waals surface area (Å²) >= 11 is 0. The van der Waals surface area contributed by atoms with Gasteiger partial charge in [0.25, 0.3) is 5.91 Å². The number of hydrogen-bond donors (Lipinski definition) is 3. The highest BCUT2D eigenvalue weighted by atomic mass is 16.5. The van der Waals surface area contributed by atoms with Crippen LogP contribution in [-0.2, 0) is 0 Å². The second-order valence-electron chi connectivity index (χ2n) is 6.22. The van der Waals surface area contributed by atoms with Crippen molar-refractivity contribution in [2.75, 3.05) is 32.8 Å². The van der Waals surface area contributed by atoms with Crippen LogP contribution in [0.25, 0.3) is 0 Å². The monoisotopic (exact) mass is 320 g/mol. The maximum absolute atomic E-state index is 12.6. The molecule has 1 saturated heterocycles. The molecule has 1 amide bonds. The van der Waals surface area contributed by atoms with E-state index >= 15 is 0 Å². The fourth-order valence-corrected chi connectivity index (χ4v) is 3.03. The number of hydrogen-bond acceptors (Lipinski definition) is 5. The normalized spacial score (nSPS) is 23.9. The molecule has 1 aromatic rings. The van der Waals surface area contributed by atoms with E-state index in [2.05, 4.69) is 10.6 Å². The van der Waals surface area contributed by atoms with E-state index in [9.17, 15) is 9.90 Å². The lowest BCUT2D eigenvalue weighted by Crippen LogP contribution is -2.45. The predicted molar refractivity (Wildman–Crippen MR) is 86.1 cm³/mol. The topological polar surface area (TPSA) is 79.8 Å². The maximum Gasteiger partial charge on any atom is 0.255 e. The van der Waals surface area contributed by atoms with E-state index in [1.54, 1.807) is 0 Å². The van der Waals surface area contributed by atoms with Gasteiger partial charge in [-0.1, -0.05) is 0 Å². The minimum atomic E-state index is -0.418. The van der Waals surface area contributed by atoms with Crippen LogP contribution >= 0.6 is 0 Å².